The number of pyridine rings is 1. The number of hydrogen-bond donors (Lipinski definition) is 0. The first-order valence-corrected chi connectivity index (χ1v) is 9.27. The number of rotatable bonds is 4. The van der Waals surface area contributed by atoms with Crippen LogP contribution >= 0.6 is 0 Å². The third-order valence-electron chi connectivity index (χ3n) is 3.52. The van der Waals surface area contributed by atoms with E-state index in [4.69, 9.17) is 0 Å². The number of nitrogens with zero attached hydrogens (tertiary/aromatic N) is 4. The molecule has 0 N–H and O–H groups in total. The van der Waals surface area contributed by atoms with Gasteiger partial charge in [0.2, 0.25) is 0 Å². The average Bonchev–Trinajstić information content (AvgIpc) is 3.14. The average molecular weight is 377 g/mol. The molecule has 24 heavy (non-hydrogen) atoms. The molecule has 4 aromatic rings. The molecule has 116 valence electrons. The van der Waals surface area contributed by atoms with Crippen LogP contribution in [0.3, 0.4) is 0 Å². The number of hydrogen-bond acceptors (Lipinski definition) is 3. The van der Waals surface area contributed by atoms with E-state index < -0.39 is 0 Å². The van der Waals surface area contributed by atoms with Gasteiger partial charge in [0.1, 0.15) is 0 Å². The first-order chi connectivity index (χ1) is 11.9. The molecule has 0 bridgehead atoms. The maximum absolute atomic E-state index is 4.57. The van der Waals surface area contributed by atoms with Gasteiger partial charge in [0.25, 0.3) is 0 Å². The van der Waals surface area contributed by atoms with E-state index in [1.165, 1.54) is 4.46 Å². The summed E-state index contributed by atoms with van der Waals surface area (Å²) in [5, 5.41) is 8.60. The van der Waals surface area contributed by atoms with Crippen molar-refractivity contribution < 1.29 is 0 Å². The number of aromatic nitrogens is 4. The molecular weight excluding hydrogens is 363 g/mol. The SMILES string of the molecule is c1ccc([Se]c2ncccc2-n2cc(-c3ccccc3)nn2)cc1. The second kappa shape index (κ2) is 6.79. The maximum atomic E-state index is 4.57. The first kappa shape index (κ1) is 14.8. The van der Waals surface area contributed by atoms with E-state index in [9.17, 15) is 0 Å². The number of benzene rings is 2. The van der Waals surface area contributed by atoms with Gasteiger partial charge in [-0.2, -0.15) is 0 Å². The van der Waals surface area contributed by atoms with E-state index in [1.54, 1.807) is 0 Å². The Hall–Kier alpha value is -2.75. The van der Waals surface area contributed by atoms with E-state index in [0.29, 0.717) is 0 Å². The Labute approximate surface area is 146 Å². The van der Waals surface area contributed by atoms with Gasteiger partial charge in [-0.15, -0.1) is 0 Å². The van der Waals surface area contributed by atoms with Gasteiger partial charge in [-0.05, 0) is 0 Å². The zero-order valence-electron chi connectivity index (χ0n) is 12.8. The normalized spacial score (nSPS) is 10.7. The van der Waals surface area contributed by atoms with Crippen molar-refractivity contribution in [3.05, 3.63) is 85.2 Å². The fraction of sp³-hybridized carbons (Fsp3) is 0. The van der Waals surface area contributed by atoms with Crippen molar-refractivity contribution >= 4 is 24.0 Å². The Bertz CT molecular complexity index is 936. The molecule has 0 amide bonds. The Balaban J connectivity index is 1.69. The van der Waals surface area contributed by atoms with Crippen molar-refractivity contribution in [2.45, 2.75) is 0 Å². The summed E-state index contributed by atoms with van der Waals surface area (Å²) in [6.07, 6.45) is 3.79. The molecule has 4 rings (SSSR count). The van der Waals surface area contributed by atoms with Crippen molar-refractivity contribution in [2.24, 2.45) is 0 Å². The van der Waals surface area contributed by atoms with Gasteiger partial charge in [0.05, 0.1) is 0 Å². The zero-order valence-corrected chi connectivity index (χ0v) is 14.5. The van der Waals surface area contributed by atoms with Gasteiger partial charge in [-0.3, -0.25) is 0 Å². The molecule has 2 aromatic carbocycles. The quantitative estimate of drug-likeness (QED) is 0.511. The Morgan fingerprint density at radius 3 is 2.33 bits per heavy atom. The Morgan fingerprint density at radius 1 is 0.792 bits per heavy atom. The summed E-state index contributed by atoms with van der Waals surface area (Å²) in [4.78, 5) is 4.57. The van der Waals surface area contributed by atoms with E-state index in [2.05, 4.69) is 39.6 Å². The summed E-state index contributed by atoms with van der Waals surface area (Å²) in [5.41, 5.74) is 2.90. The summed E-state index contributed by atoms with van der Waals surface area (Å²) < 4.78 is 4.14. The molecule has 0 atom stereocenters. The topological polar surface area (TPSA) is 43.6 Å². The molecule has 0 saturated carbocycles. The van der Waals surface area contributed by atoms with Gasteiger partial charge in [0, 0.05) is 0 Å². The van der Waals surface area contributed by atoms with Crippen LogP contribution in [0.15, 0.2) is 85.2 Å². The van der Waals surface area contributed by atoms with Crippen molar-refractivity contribution in [3.8, 4) is 16.9 Å². The third-order valence-corrected chi connectivity index (χ3v) is 5.65. The second-order valence-electron chi connectivity index (χ2n) is 5.16. The summed E-state index contributed by atoms with van der Waals surface area (Å²) in [6.45, 7) is 0. The van der Waals surface area contributed by atoms with Gasteiger partial charge >= 0.3 is 146 Å². The molecule has 0 fully saturated rings. The van der Waals surface area contributed by atoms with Crippen LogP contribution in [0.5, 0.6) is 0 Å². The van der Waals surface area contributed by atoms with Crippen LogP contribution in [0.25, 0.3) is 16.9 Å². The summed E-state index contributed by atoms with van der Waals surface area (Å²) >= 11 is 0.122. The molecule has 0 spiro atoms. The monoisotopic (exact) mass is 378 g/mol. The molecule has 0 radical (unpaired) electrons. The Kier molecular flexibility index (Phi) is 4.19. The van der Waals surface area contributed by atoms with E-state index in [1.807, 2.05) is 65.6 Å². The molecule has 0 aliphatic heterocycles. The van der Waals surface area contributed by atoms with Crippen molar-refractivity contribution in [1.29, 1.82) is 0 Å². The van der Waals surface area contributed by atoms with Crippen LogP contribution < -0.4 is 9.05 Å². The van der Waals surface area contributed by atoms with Crippen LogP contribution in [-0.2, 0) is 0 Å². The Morgan fingerprint density at radius 2 is 1.54 bits per heavy atom. The predicted molar refractivity (Wildman–Crippen MR) is 96.1 cm³/mol. The summed E-state index contributed by atoms with van der Waals surface area (Å²) in [5.74, 6) is 0. The molecule has 0 aliphatic carbocycles. The van der Waals surface area contributed by atoms with Gasteiger partial charge in [-0.25, -0.2) is 0 Å². The van der Waals surface area contributed by atoms with Crippen LogP contribution in [0, 0.1) is 0 Å². The fourth-order valence-corrected chi connectivity index (χ4v) is 4.24. The molecule has 2 heterocycles. The molecule has 2 aromatic heterocycles. The zero-order chi connectivity index (χ0) is 16.2. The second-order valence-corrected chi connectivity index (χ2v) is 7.39. The predicted octanol–water partition coefficient (Wildman–Crippen LogP) is 1.98. The van der Waals surface area contributed by atoms with E-state index in [0.717, 1.165) is 21.5 Å². The molecule has 5 heteroatoms. The van der Waals surface area contributed by atoms with Crippen molar-refractivity contribution in [1.82, 2.24) is 20.0 Å². The minimum atomic E-state index is 0.122. The van der Waals surface area contributed by atoms with Gasteiger partial charge in [-0.1, -0.05) is 0 Å². The molecule has 0 unspecified atom stereocenters. The summed E-state index contributed by atoms with van der Waals surface area (Å²) in [6, 6.07) is 24.5. The fourth-order valence-electron chi connectivity index (χ4n) is 2.36. The minimum absolute atomic E-state index is 0.122. The van der Waals surface area contributed by atoms with Crippen molar-refractivity contribution in [2.75, 3.05) is 0 Å². The molecule has 0 aliphatic rings. The van der Waals surface area contributed by atoms with Crippen LogP contribution in [0.2, 0.25) is 0 Å². The van der Waals surface area contributed by atoms with E-state index in [-0.39, 0.29) is 15.0 Å². The van der Waals surface area contributed by atoms with Gasteiger partial charge in [0.15, 0.2) is 0 Å². The molecule has 4 nitrogen and oxygen atoms in total. The van der Waals surface area contributed by atoms with Crippen LogP contribution in [0.1, 0.15) is 0 Å². The standard InChI is InChI=1S/C19H14N4Se/c1-3-8-15(9-4-1)17-14-23(22-21-17)18-12-7-13-20-19(18)24-16-10-5-2-6-11-16/h1-14H. The van der Waals surface area contributed by atoms with Crippen molar-refractivity contribution in [3.63, 3.8) is 0 Å². The van der Waals surface area contributed by atoms with Crippen LogP contribution in [0.4, 0.5) is 0 Å². The molecular formula is C19H14N4Se. The van der Waals surface area contributed by atoms with Gasteiger partial charge < -0.3 is 0 Å². The van der Waals surface area contributed by atoms with Crippen LogP contribution in [-0.4, -0.2) is 34.9 Å². The first-order valence-electron chi connectivity index (χ1n) is 7.56. The van der Waals surface area contributed by atoms with E-state index >= 15 is 0 Å². The summed E-state index contributed by atoms with van der Waals surface area (Å²) in [7, 11) is 0. The third kappa shape index (κ3) is 3.13. The molecule has 0 saturated heterocycles.